The third-order valence-electron chi connectivity index (χ3n) is 3.50. The molecule has 0 aromatic heterocycles. The highest BCUT2D eigenvalue weighted by Crippen LogP contribution is 2.13. The average Bonchev–Trinajstić information content (AvgIpc) is 2.48. The van der Waals surface area contributed by atoms with Crippen molar-refractivity contribution in [3.05, 3.63) is 65.7 Å². The van der Waals surface area contributed by atoms with E-state index in [1.165, 1.54) is 0 Å². The van der Waals surface area contributed by atoms with E-state index in [0.717, 1.165) is 11.1 Å². The van der Waals surface area contributed by atoms with Gasteiger partial charge in [0.05, 0.1) is 0 Å². The van der Waals surface area contributed by atoms with Gasteiger partial charge in [0, 0.05) is 12.2 Å². The Labute approximate surface area is 124 Å². The van der Waals surface area contributed by atoms with Crippen molar-refractivity contribution in [2.24, 2.45) is 0 Å². The van der Waals surface area contributed by atoms with E-state index in [1.54, 1.807) is 0 Å². The Balaban J connectivity index is 2.07. The van der Waals surface area contributed by atoms with E-state index in [4.69, 9.17) is 5.73 Å². The number of nitrogen functional groups attached to an aromatic ring is 1. The van der Waals surface area contributed by atoms with Crippen LogP contribution in [0.1, 0.15) is 11.1 Å². The van der Waals surface area contributed by atoms with E-state index in [-0.39, 0.29) is 0 Å². The zero-order valence-electron chi connectivity index (χ0n) is 12.1. The molecule has 2 aromatic carbocycles. The van der Waals surface area contributed by atoms with Crippen molar-refractivity contribution < 1.29 is 9.90 Å². The summed E-state index contributed by atoms with van der Waals surface area (Å²) in [5.41, 5.74) is 8.44. The van der Waals surface area contributed by atoms with E-state index < -0.39 is 12.0 Å². The molecule has 0 aliphatic carbocycles. The van der Waals surface area contributed by atoms with Gasteiger partial charge in [0.2, 0.25) is 0 Å². The lowest BCUT2D eigenvalue weighted by atomic mass is 10.0. The Bertz CT molecular complexity index is 581. The molecule has 4 nitrogen and oxygen atoms in total. The largest absolute Gasteiger partial charge is 0.480 e. The molecule has 110 valence electrons. The molecule has 1 unspecified atom stereocenters. The van der Waals surface area contributed by atoms with Crippen LogP contribution in [-0.4, -0.2) is 29.1 Å². The van der Waals surface area contributed by atoms with Gasteiger partial charge in [-0.25, -0.2) is 0 Å². The first-order valence-electron chi connectivity index (χ1n) is 6.87. The monoisotopic (exact) mass is 284 g/mol. The zero-order valence-corrected chi connectivity index (χ0v) is 12.1. The summed E-state index contributed by atoms with van der Waals surface area (Å²) in [5.74, 6) is -0.809. The molecular weight excluding hydrogens is 264 g/mol. The Hall–Kier alpha value is -2.33. The third kappa shape index (κ3) is 4.33. The van der Waals surface area contributed by atoms with Gasteiger partial charge in [0.15, 0.2) is 0 Å². The summed E-state index contributed by atoms with van der Waals surface area (Å²) in [4.78, 5) is 13.4. The minimum absolute atomic E-state index is 0.488. The van der Waals surface area contributed by atoms with Gasteiger partial charge in [-0.2, -0.15) is 0 Å². The van der Waals surface area contributed by atoms with E-state index in [1.807, 2.05) is 66.5 Å². The number of carboxylic acid groups (broad SMARTS) is 1. The average molecular weight is 284 g/mol. The normalized spacial score (nSPS) is 12.3. The minimum atomic E-state index is -0.809. The van der Waals surface area contributed by atoms with E-state index in [0.29, 0.717) is 18.7 Å². The van der Waals surface area contributed by atoms with Crippen LogP contribution < -0.4 is 5.73 Å². The number of hydrogen-bond acceptors (Lipinski definition) is 3. The quantitative estimate of drug-likeness (QED) is 0.799. The first-order valence-corrected chi connectivity index (χ1v) is 6.87. The number of aliphatic carboxylic acids is 1. The molecule has 0 saturated heterocycles. The predicted octanol–water partition coefficient (Wildman–Crippen LogP) is 2.40. The molecule has 0 saturated carbocycles. The summed E-state index contributed by atoms with van der Waals surface area (Å²) in [7, 11) is 1.83. The molecular formula is C17H20N2O2. The lowest BCUT2D eigenvalue weighted by Gasteiger charge is -2.24. The molecule has 1 atom stereocenters. The summed E-state index contributed by atoms with van der Waals surface area (Å²) >= 11 is 0. The van der Waals surface area contributed by atoms with Crippen molar-refractivity contribution >= 4 is 11.7 Å². The first-order chi connectivity index (χ1) is 10.1. The molecule has 3 N–H and O–H groups in total. The van der Waals surface area contributed by atoms with Gasteiger partial charge in [0.25, 0.3) is 0 Å². The highest BCUT2D eigenvalue weighted by molar-refractivity contribution is 5.73. The van der Waals surface area contributed by atoms with Crippen LogP contribution in [0.2, 0.25) is 0 Å². The number of nitrogens with two attached hydrogens (primary N) is 1. The molecule has 4 heteroatoms. The number of nitrogens with zero attached hydrogens (tertiary/aromatic N) is 1. The molecule has 0 aliphatic rings. The smallest absolute Gasteiger partial charge is 0.321 e. The maximum atomic E-state index is 11.5. The van der Waals surface area contributed by atoms with Crippen molar-refractivity contribution in [2.45, 2.75) is 19.0 Å². The second-order valence-corrected chi connectivity index (χ2v) is 5.20. The molecule has 0 heterocycles. The number of rotatable bonds is 6. The van der Waals surface area contributed by atoms with E-state index in [9.17, 15) is 9.90 Å². The zero-order chi connectivity index (χ0) is 15.2. The minimum Gasteiger partial charge on any atom is -0.480 e. The van der Waals surface area contributed by atoms with E-state index >= 15 is 0 Å². The van der Waals surface area contributed by atoms with Crippen LogP contribution in [0.15, 0.2) is 54.6 Å². The van der Waals surface area contributed by atoms with Crippen molar-refractivity contribution in [2.75, 3.05) is 12.8 Å². The summed E-state index contributed by atoms with van der Waals surface area (Å²) in [6.45, 7) is 0.573. The highest BCUT2D eigenvalue weighted by Gasteiger charge is 2.22. The van der Waals surface area contributed by atoms with Gasteiger partial charge in [-0.1, -0.05) is 42.5 Å². The number of carbonyl (C=O) groups is 1. The molecule has 0 bridgehead atoms. The maximum absolute atomic E-state index is 11.5. The fourth-order valence-corrected chi connectivity index (χ4v) is 2.29. The Morgan fingerprint density at radius 2 is 1.71 bits per heavy atom. The van der Waals surface area contributed by atoms with Crippen LogP contribution in [-0.2, 0) is 17.8 Å². The van der Waals surface area contributed by atoms with E-state index in [2.05, 4.69) is 0 Å². The number of likely N-dealkylation sites (N-methyl/N-ethyl adjacent to an activating group) is 1. The molecule has 0 spiro atoms. The Morgan fingerprint density at radius 1 is 1.10 bits per heavy atom. The van der Waals surface area contributed by atoms with Crippen LogP contribution in [0, 0.1) is 0 Å². The Kier molecular flexibility index (Phi) is 4.95. The Morgan fingerprint density at radius 3 is 2.29 bits per heavy atom. The predicted molar refractivity (Wildman–Crippen MR) is 83.9 cm³/mol. The fourth-order valence-electron chi connectivity index (χ4n) is 2.29. The van der Waals surface area contributed by atoms with Gasteiger partial charge in [0.1, 0.15) is 6.04 Å². The topological polar surface area (TPSA) is 66.6 Å². The van der Waals surface area contributed by atoms with Gasteiger partial charge < -0.3 is 10.8 Å². The third-order valence-corrected chi connectivity index (χ3v) is 3.50. The summed E-state index contributed by atoms with van der Waals surface area (Å²) in [6.07, 6.45) is 0.488. The first kappa shape index (κ1) is 15.1. The van der Waals surface area contributed by atoms with Gasteiger partial charge in [-0.3, -0.25) is 9.69 Å². The molecule has 0 radical (unpaired) electrons. The van der Waals surface area contributed by atoms with Gasteiger partial charge in [-0.05, 0) is 36.7 Å². The van der Waals surface area contributed by atoms with Crippen molar-refractivity contribution in [1.82, 2.24) is 4.90 Å². The van der Waals surface area contributed by atoms with Crippen LogP contribution >= 0.6 is 0 Å². The lowest BCUT2D eigenvalue weighted by molar-refractivity contribution is -0.142. The van der Waals surface area contributed by atoms with Crippen LogP contribution in [0.3, 0.4) is 0 Å². The van der Waals surface area contributed by atoms with Crippen molar-refractivity contribution in [1.29, 1.82) is 0 Å². The summed E-state index contributed by atoms with van der Waals surface area (Å²) < 4.78 is 0. The molecule has 0 fully saturated rings. The number of anilines is 1. The van der Waals surface area contributed by atoms with Crippen LogP contribution in [0.5, 0.6) is 0 Å². The highest BCUT2D eigenvalue weighted by atomic mass is 16.4. The van der Waals surface area contributed by atoms with Crippen LogP contribution in [0.25, 0.3) is 0 Å². The maximum Gasteiger partial charge on any atom is 0.321 e. The molecule has 2 rings (SSSR count). The standard InChI is InChI=1S/C17H20N2O2/c1-19(12-14-7-9-15(18)10-8-14)16(17(20)21)11-13-5-3-2-4-6-13/h2-10,16H,11-12,18H2,1H3,(H,20,21). The number of hydrogen-bond donors (Lipinski definition) is 2. The number of benzene rings is 2. The van der Waals surface area contributed by atoms with Gasteiger partial charge >= 0.3 is 5.97 Å². The second-order valence-electron chi connectivity index (χ2n) is 5.20. The van der Waals surface area contributed by atoms with Gasteiger partial charge in [-0.15, -0.1) is 0 Å². The molecule has 21 heavy (non-hydrogen) atoms. The fraction of sp³-hybridized carbons (Fsp3) is 0.235. The van der Waals surface area contributed by atoms with Crippen molar-refractivity contribution in [3.63, 3.8) is 0 Å². The SMILES string of the molecule is CN(Cc1ccc(N)cc1)C(Cc1ccccc1)C(=O)O. The number of carboxylic acids is 1. The molecule has 0 amide bonds. The molecule has 2 aromatic rings. The second kappa shape index (κ2) is 6.90. The summed E-state index contributed by atoms with van der Waals surface area (Å²) in [5, 5.41) is 9.47. The van der Waals surface area contributed by atoms with Crippen LogP contribution in [0.4, 0.5) is 5.69 Å². The van der Waals surface area contributed by atoms with Crippen molar-refractivity contribution in [3.8, 4) is 0 Å². The molecule has 0 aliphatic heterocycles. The lowest BCUT2D eigenvalue weighted by Crippen LogP contribution is -2.39. The summed E-state index contributed by atoms with van der Waals surface area (Å²) in [6, 6.07) is 16.6.